The molecule has 8 nitrogen and oxygen atoms in total. The molecule has 1 rings (SSSR count). The summed E-state index contributed by atoms with van der Waals surface area (Å²) < 4.78 is 0. The third-order valence-corrected chi connectivity index (χ3v) is 1.42. The summed E-state index contributed by atoms with van der Waals surface area (Å²) >= 11 is 0. The largest absolute Gasteiger partial charge is 0.479 e. The summed E-state index contributed by atoms with van der Waals surface area (Å²) in [6, 6.07) is 2.72. The number of hydrogen-bond donors (Lipinski definition) is 3. The Labute approximate surface area is 90.6 Å². The van der Waals surface area contributed by atoms with E-state index in [0.717, 1.165) is 0 Å². The molecule has 1 heterocycles. The summed E-state index contributed by atoms with van der Waals surface area (Å²) in [5, 5.41) is 18.0. The maximum absolute atomic E-state index is 11.0. The lowest BCUT2D eigenvalue weighted by molar-refractivity contribution is -0.144. The summed E-state index contributed by atoms with van der Waals surface area (Å²) in [5.41, 5.74) is 2.48. The smallest absolute Gasteiger partial charge is 0.339 e. The number of amides is 2. The van der Waals surface area contributed by atoms with Crippen LogP contribution in [0.3, 0.4) is 0 Å². The number of hydrogen-bond acceptors (Lipinski definition) is 5. The maximum Gasteiger partial charge on any atom is 0.339 e. The van der Waals surface area contributed by atoms with E-state index in [9.17, 15) is 9.59 Å². The maximum atomic E-state index is 11.0. The van der Waals surface area contributed by atoms with E-state index >= 15 is 0 Å². The van der Waals surface area contributed by atoms with Gasteiger partial charge in [0.15, 0.2) is 6.61 Å². The van der Waals surface area contributed by atoms with Crippen molar-refractivity contribution in [1.82, 2.24) is 21.0 Å². The number of carbonyl (C=O) groups excluding carboxylic acids is 1. The third kappa shape index (κ3) is 4.86. The average Bonchev–Trinajstić information content (AvgIpc) is 2.27. The molecule has 3 N–H and O–H groups in total. The van der Waals surface area contributed by atoms with Gasteiger partial charge in [0.25, 0.3) is 0 Å². The van der Waals surface area contributed by atoms with Crippen molar-refractivity contribution in [2.75, 3.05) is 6.61 Å². The molecule has 0 unspecified atom stereocenters. The standard InChI is InChI=1S/C8H10N4O4/c13-7(14)5-16-12-8(15)9-4-6-2-1-3-10-11-6/h1-3H,4-5H2,(H,13,14)(H2,9,12,15). The van der Waals surface area contributed by atoms with Gasteiger partial charge in [0.2, 0.25) is 0 Å². The van der Waals surface area contributed by atoms with E-state index < -0.39 is 18.6 Å². The van der Waals surface area contributed by atoms with Gasteiger partial charge in [-0.3, -0.25) is 4.84 Å². The van der Waals surface area contributed by atoms with Crippen molar-refractivity contribution in [1.29, 1.82) is 0 Å². The lowest BCUT2D eigenvalue weighted by Crippen LogP contribution is -2.36. The molecule has 0 radical (unpaired) electrons. The second-order valence-corrected chi connectivity index (χ2v) is 2.68. The van der Waals surface area contributed by atoms with Crippen LogP contribution in [-0.4, -0.2) is 33.9 Å². The highest BCUT2D eigenvalue weighted by Gasteiger charge is 2.02. The molecule has 0 aliphatic rings. The van der Waals surface area contributed by atoms with Gasteiger partial charge in [-0.1, -0.05) is 0 Å². The molecule has 0 aliphatic carbocycles. The van der Waals surface area contributed by atoms with Crippen molar-refractivity contribution in [2.45, 2.75) is 6.54 Å². The number of nitrogens with one attached hydrogen (secondary N) is 2. The van der Waals surface area contributed by atoms with Gasteiger partial charge >= 0.3 is 12.0 Å². The Morgan fingerprint density at radius 1 is 1.50 bits per heavy atom. The first-order valence-corrected chi connectivity index (χ1v) is 4.32. The molecule has 1 aromatic heterocycles. The highest BCUT2D eigenvalue weighted by atomic mass is 16.7. The second-order valence-electron chi connectivity index (χ2n) is 2.68. The number of aromatic nitrogens is 2. The number of aliphatic carboxylic acids is 1. The predicted octanol–water partition coefficient (Wildman–Crippen LogP) is -0.708. The molecule has 0 spiro atoms. The zero-order valence-electron chi connectivity index (χ0n) is 8.21. The Balaban J connectivity index is 2.18. The summed E-state index contributed by atoms with van der Waals surface area (Å²) in [7, 11) is 0. The molecule has 1 aromatic rings. The minimum Gasteiger partial charge on any atom is -0.479 e. The Bertz CT molecular complexity index is 356. The molecule has 8 heteroatoms. The average molecular weight is 226 g/mol. The third-order valence-electron chi connectivity index (χ3n) is 1.42. The van der Waals surface area contributed by atoms with Crippen molar-refractivity contribution < 1.29 is 19.5 Å². The molecular formula is C8H10N4O4. The van der Waals surface area contributed by atoms with Crippen LogP contribution in [0.15, 0.2) is 18.3 Å². The number of rotatable bonds is 5. The summed E-state index contributed by atoms with van der Waals surface area (Å²) in [6.45, 7) is -0.422. The molecule has 86 valence electrons. The first-order valence-electron chi connectivity index (χ1n) is 4.32. The minimum absolute atomic E-state index is 0.177. The van der Waals surface area contributed by atoms with Crippen LogP contribution < -0.4 is 10.8 Å². The molecule has 0 saturated heterocycles. The Morgan fingerprint density at radius 3 is 2.94 bits per heavy atom. The number of hydroxylamine groups is 1. The summed E-state index contributed by atoms with van der Waals surface area (Å²) in [4.78, 5) is 25.4. The first-order chi connectivity index (χ1) is 7.68. The predicted molar refractivity (Wildman–Crippen MR) is 51.0 cm³/mol. The monoisotopic (exact) mass is 226 g/mol. The highest BCUT2D eigenvalue weighted by molar-refractivity contribution is 5.73. The normalized spacial score (nSPS) is 9.50. The van der Waals surface area contributed by atoms with Crippen LogP contribution in [0.25, 0.3) is 0 Å². The van der Waals surface area contributed by atoms with Crippen molar-refractivity contribution in [2.24, 2.45) is 0 Å². The molecule has 0 saturated carbocycles. The van der Waals surface area contributed by atoms with Crippen molar-refractivity contribution in [3.8, 4) is 0 Å². The van der Waals surface area contributed by atoms with E-state index in [2.05, 4.69) is 20.4 Å². The van der Waals surface area contributed by atoms with Crippen LogP contribution in [0.4, 0.5) is 4.79 Å². The van der Waals surface area contributed by atoms with E-state index in [0.29, 0.717) is 5.69 Å². The van der Waals surface area contributed by atoms with Gasteiger partial charge in [-0.05, 0) is 12.1 Å². The lowest BCUT2D eigenvalue weighted by Gasteiger charge is -2.05. The van der Waals surface area contributed by atoms with Gasteiger partial charge in [0.1, 0.15) is 0 Å². The fraction of sp³-hybridized carbons (Fsp3) is 0.250. The number of urea groups is 1. The van der Waals surface area contributed by atoms with E-state index in [1.165, 1.54) is 6.20 Å². The zero-order valence-corrected chi connectivity index (χ0v) is 8.21. The Kier molecular flexibility index (Phi) is 4.67. The molecule has 0 aliphatic heterocycles. The van der Waals surface area contributed by atoms with Gasteiger partial charge < -0.3 is 10.4 Å². The van der Waals surface area contributed by atoms with E-state index in [-0.39, 0.29) is 6.54 Å². The minimum atomic E-state index is -1.17. The molecule has 0 atom stereocenters. The van der Waals surface area contributed by atoms with Crippen LogP contribution in [0.2, 0.25) is 0 Å². The van der Waals surface area contributed by atoms with E-state index in [4.69, 9.17) is 5.11 Å². The number of carbonyl (C=O) groups is 2. The quantitative estimate of drug-likeness (QED) is 0.571. The zero-order chi connectivity index (χ0) is 11.8. The lowest BCUT2D eigenvalue weighted by atomic mass is 10.4. The summed E-state index contributed by atoms with van der Waals surface area (Å²) in [5.74, 6) is -1.17. The molecule has 0 fully saturated rings. The molecule has 0 aromatic carbocycles. The number of carboxylic acid groups (broad SMARTS) is 1. The van der Waals surface area contributed by atoms with E-state index in [1.54, 1.807) is 12.1 Å². The second kappa shape index (κ2) is 6.30. The van der Waals surface area contributed by atoms with Crippen molar-refractivity contribution in [3.05, 3.63) is 24.0 Å². The summed E-state index contributed by atoms with van der Waals surface area (Å²) in [6.07, 6.45) is 1.51. The van der Waals surface area contributed by atoms with Crippen molar-refractivity contribution in [3.63, 3.8) is 0 Å². The molecule has 0 bridgehead atoms. The van der Waals surface area contributed by atoms with Crippen LogP contribution in [0, 0.1) is 0 Å². The van der Waals surface area contributed by atoms with Gasteiger partial charge in [0.05, 0.1) is 12.2 Å². The highest BCUT2D eigenvalue weighted by Crippen LogP contribution is 1.88. The SMILES string of the molecule is O=C(O)CONC(=O)NCc1cccnn1. The van der Waals surface area contributed by atoms with Gasteiger partial charge in [-0.15, -0.1) is 0 Å². The van der Waals surface area contributed by atoms with Crippen molar-refractivity contribution >= 4 is 12.0 Å². The van der Waals surface area contributed by atoms with Crippen LogP contribution in [0.5, 0.6) is 0 Å². The van der Waals surface area contributed by atoms with Gasteiger partial charge in [-0.25, -0.2) is 15.1 Å². The first kappa shape index (κ1) is 11.9. The fourth-order valence-corrected chi connectivity index (χ4v) is 0.798. The Morgan fingerprint density at radius 2 is 2.31 bits per heavy atom. The molecular weight excluding hydrogens is 216 g/mol. The van der Waals surface area contributed by atoms with Gasteiger partial charge in [0, 0.05) is 6.20 Å². The molecule has 2 amide bonds. The number of carboxylic acids is 1. The van der Waals surface area contributed by atoms with Gasteiger partial charge in [-0.2, -0.15) is 10.2 Å². The topological polar surface area (TPSA) is 113 Å². The molecule has 16 heavy (non-hydrogen) atoms. The van der Waals surface area contributed by atoms with Crippen LogP contribution in [-0.2, 0) is 16.2 Å². The van der Waals surface area contributed by atoms with Crippen LogP contribution in [0.1, 0.15) is 5.69 Å². The van der Waals surface area contributed by atoms with E-state index in [1.807, 2.05) is 5.48 Å². The fourth-order valence-electron chi connectivity index (χ4n) is 0.798. The number of nitrogens with zero attached hydrogens (tertiary/aromatic N) is 2. The Hall–Kier alpha value is -2.22. The van der Waals surface area contributed by atoms with Crippen LogP contribution >= 0.6 is 0 Å².